The number of hydrogen-bond acceptors (Lipinski definition) is 4. The number of benzene rings is 1. The van der Waals surface area contributed by atoms with Gasteiger partial charge in [0.05, 0.1) is 34.9 Å². The number of halogens is 2. The van der Waals surface area contributed by atoms with Gasteiger partial charge in [0.2, 0.25) is 0 Å². The van der Waals surface area contributed by atoms with Gasteiger partial charge in [0, 0.05) is 19.3 Å². The first kappa shape index (κ1) is 17.7. The molecule has 1 amide bonds. The Bertz CT molecular complexity index is 808. The van der Waals surface area contributed by atoms with Crippen LogP contribution in [0.25, 0.3) is 5.69 Å². The molecule has 1 aliphatic rings. The number of amides is 1. The first-order chi connectivity index (χ1) is 11.9. The van der Waals surface area contributed by atoms with Gasteiger partial charge < -0.3 is 14.7 Å². The average molecular weight is 384 g/mol. The zero-order valence-corrected chi connectivity index (χ0v) is 14.6. The van der Waals surface area contributed by atoms with E-state index in [4.69, 9.17) is 33.0 Å². The Balaban J connectivity index is 1.74. The van der Waals surface area contributed by atoms with Gasteiger partial charge in [0.25, 0.3) is 5.91 Å². The molecule has 25 heavy (non-hydrogen) atoms. The highest BCUT2D eigenvalue weighted by Crippen LogP contribution is 2.24. The standard InChI is InChI=1S/C16H15Cl2N3O4/c17-12-2-1-10(7-13(12)18)21-4-3-14(19-21)16(24)20-5-6-25-11(9-20)8-15(22)23/h1-4,7,11H,5-6,8-9H2,(H,22,23)/t11-/m1/s1. The van der Waals surface area contributed by atoms with Crippen LogP contribution in [-0.4, -0.2) is 57.5 Å². The molecular formula is C16H15Cl2N3O4. The molecule has 1 N–H and O–H groups in total. The first-order valence-corrected chi connectivity index (χ1v) is 8.33. The van der Waals surface area contributed by atoms with E-state index in [-0.39, 0.29) is 24.6 Å². The molecule has 1 fully saturated rings. The third-order valence-electron chi connectivity index (χ3n) is 3.80. The number of carboxylic acids is 1. The number of nitrogens with zero attached hydrogens (tertiary/aromatic N) is 3. The average Bonchev–Trinajstić information content (AvgIpc) is 3.06. The molecule has 0 radical (unpaired) electrons. The smallest absolute Gasteiger partial charge is 0.306 e. The van der Waals surface area contributed by atoms with E-state index in [0.29, 0.717) is 28.9 Å². The minimum atomic E-state index is -0.955. The third kappa shape index (κ3) is 4.12. The maximum Gasteiger partial charge on any atom is 0.306 e. The zero-order valence-electron chi connectivity index (χ0n) is 13.1. The molecule has 0 spiro atoms. The second-order valence-electron chi connectivity index (χ2n) is 5.59. The topological polar surface area (TPSA) is 84.7 Å². The number of aromatic nitrogens is 2. The number of morpholine rings is 1. The Morgan fingerprint density at radius 3 is 2.80 bits per heavy atom. The molecule has 1 saturated heterocycles. The number of carboxylic acid groups (broad SMARTS) is 1. The lowest BCUT2D eigenvalue weighted by molar-refractivity contribution is -0.141. The van der Waals surface area contributed by atoms with Gasteiger partial charge in [-0.2, -0.15) is 5.10 Å². The van der Waals surface area contributed by atoms with Gasteiger partial charge in [-0.1, -0.05) is 23.2 Å². The second-order valence-corrected chi connectivity index (χ2v) is 6.40. The summed E-state index contributed by atoms with van der Waals surface area (Å²) in [6, 6.07) is 6.66. The predicted molar refractivity (Wildman–Crippen MR) is 91.5 cm³/mol. The SMILES string of the molecule is O=C(O)C[C@@H]1CN(C(=O)c2ccn(-c3ccc(Cl)c(Cl)c3)n2)CCO1. The van der Waals surface area contributed by atoms with E-state index in [9.17, 15) is 9.59 Å². The Morgan fingerprint density at radius 1 is 1.28 bits per heavy atom. The van der Waals surface area contributed by atoms with Crippen LogP contribution in [-0.2, 0) is 9.53 Å². The van der Waals surface area contributed by atoms with Crippen molar-refractivity contribution in [2.45, 2.75) is 12.5 Å². The van der Waals surface area contributed by atoms with Crippen molar-refractivity contribution in [1.29, 1.82) is 0 Å². The van der Waals surface area contributed by atoms with Crippen LogP contribution in [0.2, 0.25) is 10.0 Å². The van der Waals surface area contributed by atoms with E-state index in [1.54, 1.807) is 35.4 Å². The fourth-order valence-corrected chi connectivity index (χ4v) is 2.89. The maximum atomic E-state index is 12.6. The Labute approximate surface area is 153 Å². The van der Waals surface area contributed by atoms with Gasteiger partial charge in [-0.3, -0.25) is 9.59 Å². The van der Waals surface area contributed by atoms with Gasteiger partial charge in [-0.15, -0.1) is 0 Å². The number of carbonyl (C=O) groups is 2. The molecule has 1 aromatic carbocycles. The van der Waals surface area contributed by atoms with Crippen LogP contribution in [0.1, 0.15) is 16.9 Å². The van der Waals surface area contributed by atoms with Crippen molar-refractivity contribution < 1.29 is 19.4 Å². The summed E-state index contributed by atoms with van der Waals surface area (Å²) in [6.07, 6.45) is 1.01. The summed E-state index contributed by atoms with van der Waals surface area (Å²) in [4.78, 5) is 25.0. The summed E-state index contributed by atoms with van der Waals surface area (Å²) < 4.78 is 6.91. The minimum Gasteiger partial charge on any atom is -0.481 e. The monoisotopic (exact) mass is 383 g/mol. The van der Waals surface area contributed by atoms with Gasteiger partial charge in [-0.05, 0) is 24.3 Å². The van der Waals surface area contributed by atoms with Crippen molar-refractivity contribution in [1.82, 2.24) is 14.7 Å². The Hall–Kier alpha value is -2.09. The van der Waals surface area contributed by atoms with Crippen LogP contribution in [0.4, 0.5) is 0 Å². The number of carbonyl (C=O) groups excluding carboxylic acids is 1. The van der Waals surface area contributed by atoms with E-state index in [0.717, 1.165) is 0 Å². The van der Waals surface area contributed by atoms with Crippen molar-refractivity contribution in [3.8, 4) is 5.69 Å². The molecule has 3 rings (SSSR count). The summed E-state index contributed by atoms with van der Waals surface area (Å²) in [5.41, 5.74) is 0.946. The van der Waals surface area contributed by atoms with Crippen molar-refractivity contribution in [3.63, 3.8) is 0 Å². The lowest BCUT2D eigenvalue weighted by Crippen LogP contribution is -2.46. The summed E-state index contributed by atoms with van der Waals surface area (Å²) in [7, 11) is 0. The normalized spacial score (nSPS) is 17.5. The molecule has 0 bridgehead atoms. The van der Waals surface area contributed by atoms with E-state index in [1.807, 2.05) is 0 Å². The molecule has 1 aromatic heterocycles. The first-order valence-electron chi connectivity index (χ1n) is 7.58. The van der Waals surface area contributed by atoms with Crippen LogP contribution in [0, 0.1) is 0 Å². The van der Waals surface area contributed by atoms with Crippen LogP contribution >= 0.6 is 23.2 Å². The summed E-state index contributed by atoms with van der Waals surface area (Å²) in [5.74, 6) is -1.22. The largest absolute Gasteiger partial charge is 0.481 e. The highest BCUT2D eigenvalue weighted by molar-refractivity contribution is 6.42. The number of ether oxygens (including phenoxy) is 1. The highest BCUT2D eigenvalue weighted by atomic mass is 35.5. The molecule has 0 saturated carbocycles. The maximum absolute atomic E-state index is 12.6. The second kappa shape index (κ2) is 7.43. The number of rotatable bonds is 4. The van der Waals surface area contributed by atoms with Crippen molar-refractivity contribution in [2.75, 3.05) is 19.7 Å². The van der Waals surface area contributed by atoms with Crippen molar-refractivity contribution in [2.24, 2.45) is 0 Å². The van der Waals surface area contributed by atoms with E-state index >= 15 is 0 Å². The molecule has 0 aliphatic carbocycles. The molecule has 1 aliphatic heterocycles. The molecule has 2 heterocycles. The van der Waals surface area contributed by atoms with Crippen molar-refractivity contribution >= 4 is 35.1 Å². The van der Waals surface area contributed by atoms with E-state index in [2.05, 4.69) is 5.10 Å². The van der Waals surface area contributed by atoms with Crippen LogP contribution in [0.3, 0.4) is 0 Å². The van der Waals surface area contributed by atoms with E-state index < -0.39 is 12.1 Å². The number of aliphatic carboxylic acids is 1. The van der Waals surface area contributed by atoms with Gasteiger partial charge in [0.1, 0.15) is 0 Å². The fourth-order valence-electron chi connectivity index (χ4n) is 2.59. The third-order valence-corrected chi connectivity index (χ3v) is 4.54. The van der Waals surface area contributed by atoms with Gasteiger partial charge >= 0.3 is 5.97 Å². The summed E-state index contributed by atoms with van der Waals surface area (Å²) in [6.45, 7) is 0.927. The van der Waals surface area contributed by atoms with Crippen molar-refractivity contribution in [3.05, 3.63) is 46.2 Å². The number of hydrogen-bond donors (Lipinski definition) is 1. The minimum absolute atomic E-state index is 0.137. The fraction of sp³-hybridized carbons (Fsp3) is 0.312. The quantitative estimate of drug-likeness (QED) is 0.876. The van der Waals surface area contributed by atoms with Crippen LogP contribution < -0.4 is 0 Å². The van der Waals surface area contributed by atoms with E-state index in [1.165, 1.54) is 4.68 Å². The highest BCUT2D eigenvalue weighted by Gasteiger charge is 2.27. The molecule has 0 unspecified atom stereocenters. The van der Waals surface area contributed by atoms with Gasteiger partial charge in [0.15, 0.2) is 5.69 Å². The molecule has 9 heteroatoms. The molecular weight excluding hydrogens is 369 g/mol. The van der Waals surface area contributed by atoms with Crippen LogP contribution in [0.5, 0.6) is 0 Å². The van der Waals surface area contributed by atoms with Crippen LogP contribution in [0.15, 0.2) is 30.5 Å². The summed E-state index contributed by atoms with van der Waals surface area (Å²) in [5, 5.41) is 14.0. The molecule has 2 aromatic rings. The summed E-state index contributed by atoms with van der Waals surface area (Å²) >= 11 is 11.9. The molecule has 7 nitrogen and oxygen atoms in total. The Morgan fingerprint density at radius 2 is 2.08 bits per heavy atom. The lowest BCUT2D eigenvalue weighted by Gasteiger charge is -2.31. The molecule has 1 atom stereocenters. The molecule has 132 valence electrons. The Kier molecular flexibility index (Phi) is 5.27. The van der Waals surface area contributed by atoms with Gasteiger partial charge in [-0.25, -0.2) is 4.68 Å². The zero-order chi connectivity index (χ0) is 18.0. The predicted octanol–water partition coefficient (Wildman–Crippen LogP) is 2.49. The lowest BCUT2D eigenvalue weighted by atomic mass is 10.2.